The fourth-order valence-electron chi connectivity index (χ4n) is 1.94. The van der Waals surface area contributed by atoms with Gasteiger partial charge in [0.05, 0.1) is 22.2 Å². The number of tetrazole rings is 1. The Morgan fingerprint density at radius 3 is 2.96 bits per heavy atom. The van der Waals surface area contributed by atoms with Gasteiger partial charge in [-0.15, -0.1) is 5.10 Å². The van der Waals surface area contributed by atoms with Crippen LogP contribution in [-0.2, 0) is 11.3 Å². The standard InChI is InChI=1S/C15H14ClN5O2S/c1-10(14(22)17-13-7-3-2-6-12(13)16)24-15-18-19-20-21(15)9-11-5-4-8-23-11/h2-8,10H,9H2,1H3,(H,17,22). The van der Waals surface area contributed by atoms with Crippen LogP contribution >= 0.6 is 23.4 Å². The van der Waals surface area contributed by atoms with Crippen LogP contribution in [0.4, 0.5) is 5.69 Å². The van der Waals surface area contributed by atoms with Crippen LogP contribution in [0.2, 0.25) is 5.02 Å². The van der Waals surface area contributed by atoms with E-state index in [1.54, 1.807) is 42.1 Å². The normalized spacial score (nSPS) is 12.1. The van der Waals surface area contributed by atoms with Crippen molar-refractivity contribution in [1.82, 2.24) is 20.2 Å². The van der Waals surface area contributed by atoms with Crippen LogP contribution in [-0.4, -0.2) is 31.4 Å². The minimum absolute atomic E-state index is 0.180. The van der Waals surface area contributed by atoms with Crippen molar-refractivity contribution in [2.45, 2.75) is 23.9 Å². The Kier molecular flexibility index (Phi) is 5.17. The number of hydrogen-bond donors (Lipinski definition) is 1. The lowest BCUT2D eigenvalue weighted by Crippen LogP contribution is -2.23. The Hall–Kier alpha value is -2.32. The number of para-hydroxylation sites is 1. The largest absolute Gasteiger partial charge is 0.467 e. The summed E-state index contributed by atoms with van der Waals surface area (Å²) in [6, 6.07) is 10.7. The lowest BCUT2D eigenvalue weighted by molar-refractivity contribution is -0.115. The number of nitrogens with one attached hydrogen (secondary N) is 1. The van der Waals surface area contributed by atoms with Crippen LogP contribution in [0.15, 0.2) is 52.2 Å². The van der Waals surface area contributed by atoms with E-state index in [-0.39, 0.29) is 5.91 Å². The zero-order valence-corrected chi connectivity index (χ0v) is 14.3. The molecule has 3 aromatic rings. The molecule has 1 atom stereocenters. The highest BCUT2D eigenvalue weighted by atomic mass is 35.5. The highest BCUT2D eigenvalue weighted by Gasteiger charge is 2.19. The maximum Gasteiger partial charge on any atom is 0.237 e. The van der Waals surface area contributed by atoms with Crippen molar-refractivity contribution in [3.63, 3.8) is 0 Å². The van der Waals surface area contributed by atoms with Crippen molar-refractivity contribution < 1.29 is 9.21 Å². The van der Waals surface area contributed by atoms with Gasteiger partial charge in [-0.05, 0) is 41.6 Å². The summed E-state index contributed by atoms with van der Waals surface area (Å²) in [7, 11) is 0. The Bertz CT molecular complexity index is 821. The molecular weight excluding hydrogens is 350 g/mol. The number of furan rings is 1. The zero-order chi connectivity index (χ0) is 16.9. The molecule has 9 heteroatoms. The second kappa shape index (κ2) is 7.50. The quantitative estimate of drug-likeness (QED) is 0.677. The van der Waals surface area contributed by atoms with Gasteiger partial charge in [0.25, 0.3) is 0 Å². The summed E-state index contributed by atoms with van der Waals surface area (Å²) in [6.07, 6.45) is 1.59. The number of carbonyl (C=O) groups is 1. The molecule has 1 amide bonds. The molecule has 0 aliphatic rings. The van der Waals surface area contributed by atoms with E-state index in [1.807, 2.05) is 12.1 Å². The van der Waals surface area contributed by atoms with E-state index in [0.29, 0.717) is 22.4 Å². The summed E-state index contributed by atoms with van der Waals surface area (Å²) in [5.74, 6) is 0.554. The summed E-state index contributed by atoms with van der Waals surface area (Å²) < 4.78 is 6.87. The monoisotopic (exact) mass is 363 g/mol. The summed E-state index contributed by atoms with van der Waals surface area (Å²) >= 11 is 7.31. The summed E-state index contributed by atoms with van der Waals surface area (Å²) in [5.41, 5.74) is 0.576. The first-order valence-electron chi connectivity index (χ1n) is 7.14. The van der Waals surface area contributed by atoms with Gasteiger partial charge in [0.1, 0.15) is 12.3 Å². The first-order valence-corrected chi connectivity index (χ1v) is 8.40. The van der Waals surface area contributed by atoms with E-state index in [0.717, 1.165) is 5.76 Å². The van der Waals surface area contributed by atoms with Crippen molar-refractivity contribution in [3.8, 4) is 0 Å². The number of nitrogens with zero attached hydrogens (tertiary/aromatic N) is 4. The highest BCUT2D eigenvalue weighted by Crippen LogP contribution is 2.25. The molecule has 0 radical (unpaired) electrons. The number of anilines is 1. The summed E-state index contributed by atoms with van der Waals surface area (Å²) in [4.78, 5) is 12.3. The van der Waals surface area contributed by atoms with Gasteiger partial charge >= 0.3 is 0 Å². The van der Waals surface area contributed by atoms with E-state index in [1.165, 1.54) is 11.8 Å². The van der Waals surface area contributed by atoms with Crippen LogP contribution in [0.1, 0.15) is 12.7 Å². The van der Waals surface area contributed by atoms with Crippen molar-refractivity contribution in [2.75, 3.05) is 5.32 Å². The first-order chi connectivity index (χ1) is 11.6. The minimum Gasteiger partial charge on any atom is -0.467 e. The van der Waals surface area contributed by atoms with Crippen molar-refractivity contribution in [3.05, 3.63) is 53.4 Å². The van der Waals surface area contributed by atoms with Crippen molar-refractivity contribution in [1.29, 1.82) is 0 Å². The SMILES string of the molecule is CC(Sc1nnnn1Cc1ccco1)C(=O)Nc1ccccc1Cl. The van der Waals surface area contributed by atoms with Crippen LogP contribution in [0.5, 0.6) is 0 Å². The maximum atomic E-state index is 12.3. The van der Waals surface area contributed by atoms with Gasteiger partial charge in [-0.2, -0.15) is 0 Å². The van der Waals surface area contributed by atoms with E-state index in [9.17, 15) is 4.79 Å². The fourth-order valence-corrected chi connectivity index (χ4v) is 2.91. The molecule has 3 rings (SSSR count). The molecule has 1 unspecified atom stereocenters. The molecular formula is C15H14ClN5O2S. The third-order valence-electron chi connectivity index (χ3n) is 3.17. The third kappa shape index (κ3) is 3.95. The second-order valence-corrected chi connectivity index (χ2v) is 6.64. The molecule has 0 aliphatic carbocycles. The van der Waals surface area contributed by atoms with Gasteiger partial charge in [0.2, 0.25) is 11.1 Å². The second-order valence-electron chi connectivity index (χ2n) is 4.93. The van der Waals surface area contributed by atoms with Gasteiger partial charge in [0.15, 0.2) is 0 Å². The number of halogens is 1. The number of aromatic nitrogens is 4. The van der Waals surface area contributed by atoms with E-state index in [2.05, 4.69) is 20.8 Å². The Labute approximate surface area is 147 Å². The van der Waals surface area contributed by atoms with Gasteiger partial charge in [0, 0.05) is 0 Å². The molecule has 0 saturated carbocycles. The molecule has 2 heterocycles. The number of benzene rings is 1. The Balaban J connectivity index is 1.64. The summed E-state index contributed by atoms with van der Waals surface area (Å²) in [6.45, 7) is 2.18. The van der Waals surface area contributed by atoms with Gasteiger partial charge < -0.3 is 9.73 Å². The Morgan fingerprint density at radius 1 is 1.38 bits per heavy atom. The lowest BCUT2D eigenvalue weighted by Gasteiger charge is -2.12. The van der Waals surface area contributed by atoms with Crippen LogP contribution in [0.25, 0.3) is 0 Å². The first kappa shape index (κ1) is 16.5. The minimum atomic E-state index is -0.400. The molecule has 1 aromatic carbocycles. The van der Waals surface area contributed by atoms with E-state index < -0.39 is 5.25 Å². The van der Waals surface area contributed by atoms with Crippen LogP contribution in [0.3, 0.4) is 0 Å². The average Bonchev–Trinajstić information content (AvgIpc) is 3.22. The molecule has 2 aromatic heterocycles. The predicted octanol–water partition coefficient (Wildman–Crippen LogP) is 3.09. The molecule has 7 nitrogen and oxygen atoms in total. The molecule has 0 aliphatic heterocycles. The van der Waals surface area contributed by atoms with E-state index >= 15 is 0 Å². The number of hydrogen-bond acceptors (Lipinski definition) is 6. The predicted molar refractivity (Wildman–Crippen MR) is 91.0 cm³/mol. The van der Waals surface area contributed by atoms with E-state index in [4.69, 9.17) is 16.0 Å². The van der Waals surface area contributed by atoms with Gasteiger partial charge in [-0.3, -0.25) is 4.79 Å². The lowest BCUT2D eigenvalue weighted by atomic mass is 10.3. The molecule has 0 bridgehead atoms. The van der Waals surface area contributed by atoms with Crippen molar-refractivity contribution in [2.24, 2.45) is 0 Å². The zero-order valence-electron chi connectivity index (χ0n) is 12.7. The average molecular weight is 364 g/mol. The molecule has 0 spiro atoms. The maximum absolute atomic E-state index is 12.3. The van der Waals surface area contributed by atoms with Crippen LogP contribution in [0, 0.1) is 0 Å². The molecule has 124 valence electrons. The topological polar surface area (TPSA) is 85.8 Å². The number of thioether (sulfide) groups is 1. The smallest absolute Gasteiger partial charge is 0.237 e. The molecule has 24 heavy (non-hydrogen) atoms. The highest BCUT2D eigenvalue weighted by molar-refractivity contribution is 8.00. The molecule has 0 saturated heterocycles. The molecule has 0 fully saturated rings. The number of amides is 1. The summed E-state index contributed by atoms with van der Waals surface area (Å²) in [5, 5.41) is 15.0. The van der Waals surface area contributed by atoms with Gasteiger partial charge in [-0.1, -0.05) is 35.5 Å². The third-order valence-corrected chi connectivity index (χ3v) is 4.57. The van der Waals surface area contributed by atoms with Crippen molar-refractivity contribution >= 4 is 35.0 Å². The van der Waals surface area contributed by atoms with Crippen LogP contribution < -0.4 is 5.32 Å². The molecule has 1 N–H and O–H groups in total. The fraction of sp³-hybridized carbons (Fsp3) is 0.200. The number of carbonyl (C=O) groups excluding carboxylic acids is 1. The van der Waals surface area contributed by atoms with Gasteiger partial charge in [-0.25, -0.2) is 4.68 Å². The number of rotatable bonds is 6. The Morgan fingerprint density at radius 2 is 2.21 bits per heavy atom.